The number of nitrogens with one attached hydrogen (secondary N) is 1. The summed E-state index contributed by atoms with van der Waals surface area (Å²) >= 11 is 1.69. The van der Waals surface area contributed by atoms with Crippen molar-refractivity contribution in [1.29, 1.82) is 0 Å². The van der Waals surface area contributed by atoms with Crippen molar-refractivity contribution < 1.29 is 9.47 Å². The summed E-state index contributed by atoms with van der Waals surface area (Å²) in [5.74, 6) is 1.93. The van der Waals surface area contributed by atoms with Gasteiger partial charge in [0.15, 0.2) is 0 Å². The average molecular weight is 476 g/mol. The molecular weight excluding hydrogens is 446 g/mol. The highest BCUT2D eigenvalue weighted by Crippen LogP contribution is 2.44. The van der Waals surface area contributed by atoms with E-state index in [-0.39, 0.29) is 5.60 Å². The molecule has 2 aliphatic rings. The highest BCUT2D eigenvalue weighted by molar-refractivity contribution is 7.26. The van der Waals surface area contributed by atoms with Crippen molar-refractivity contribution in [3.05, 3.63) is 53.3 Å². The largest absolute Gasteiger partial charge is 0.378 e. The van der Waals surface area contributed by atoms with Gasteiger partial charge in [-0.25, -0.2) is 15.0 Å². The minimum absolute atomic E-state index is 0.221. The van der Waals surface area contributed by atoms with Gasteiger partial charge in [-0.3, -0.25) is 0 Å². The maximum atomic E-state index is 6.24. The summed E-state index contributed by atoms with van der Waals surface area (Å²) in [6.07, 6.45) is 3.45. The van der Waals surface area contributed by atoms with Crippen LogP contribution >= 0.6 is 11.3 Å². The average Bonchev–Trinajstić information content (AvgIpc) is 3.24. The third-order valence-corrected chi connectivity index (χ3v) is 7.75. The Morgan fingerprint density at radius 1 is 1.09 bits per heavy atom. The molecule has 0 radical (unpaired) electrons. The predicted molar refractivity (Wildman–Crippen MR) is 137 cm³/mol. The van der Waals surface area contributed by atoms with Crippen molar-refractivity contribution in [3.63, 3.8) is 0 Å². The summed E-state index contributed by atoms with van der Waals surface area (Å²) in [5, 5.41) is 4.72. The lowest BCUT2D eigenvalue weighted by molar-refractivity contribution is -0.0396. The molecule has 5 heterocycles. The Bertz CT molecular complexity index is 1330. The van der Waals surface area contributed by atoms with Crippen molar-refractivity contribution >= 4 is 43.4 Å². The van der Waals surface area contributed by atoms with Crippen molar-refractivity contribution in [2.75, 3.05) is 43.1 Å². The Kier molecular flexibility index (Phi) is 5.59. The van der Waals surface area contributed by atoms with Gasteiger partial charge in [-0.2, -0.15) is 0 Å². The second kappa shape index (κ2) is 8.76. The van der Waals surface area contributed by atoms with Crippen molar-refractivity contribution in [1.82, 2.24) is 15.0 Å². The van der Waals surface area contributed by atoms with E-state index in [0.29, 0.717) is 6.61 Å². The summed E-state index contributed by atoms with van der Waals surface area (Å²) in [7, 11) is 0. The summed E-state index contributed by atoms with van der Waals surface area (Å²) < 4.78 is 12.9. The van der Waals surface area contributed by atoms with E-state index in [1.54, 1.807) is 17.7 Å². The van der Waals surface area contributed by atoms with E-state index < -0.39 is 0 Å². The molecule has 4 aromatic rings. The molecule has 1 aromatic carbocycles. The van der Waals surface area contributed by atoms with E-state index in [1.165, 1.54) is 16.7 Å². The molecule has 0 aliphatic carbocycles. The zero-order valence-electron chi connectivity index (χ0n) is 19.6. The Labute approximate surface area is 203 Å². The van der Waals surface area contributed by atoms with Crippen molar-refractivity contribution in [2.24, 2.45) is 0 Å². The predicted octanol–water partition coefficient (Wildman–Crippen LogP) is 4.58. The molecular formula is C26H29N5O2S. The highest BCUT2D eigenvalue weighted by Gasteiger charge is 2.33. The third-order valence-electron chi connectivity index (χ3n) is 6.67. The topological polar surface area (TPSA) is 72.4 Å². The molecule has 2 aliphatic heterocycles. The lowest BCUT2D eigenvalue weighted by Gasteiger charge is -2.36. The van der Waals surface area contributed by atoms with Gasteiger partial charge in [0.2, 0.25) is 0 Å². The zero-order chi connectivity index (χ0) is 23.1. The molecule has 3 aromatic heterocycles. The van der Waals surface area contributed by atoms with Crippen molar-refractivity contribution in [3.8, 4) is 0 Å². The van der Waals surface area contributed by atoms with Crippen LogP contribution in [-0.2, 0) is 28.9 Å². The van der Waals surface area contributed by atoms with Gasteiger partial charge in [0.25, 0.3) is 0 Å². The number of hydrogen-bond acceptors (Lipinski definition) is 8. The van der Waals surface area contributed by atoms with Gasteiger partial charge in [-0.05, 0) is 31.4 Å². The van der Waals surface area contributed by atoms with Gasteiger partial charge in [0.1, 0.15) is 22.8 Å². The van der Waals surface area contributed by atoms with E-state index in [1.807, 2.05) is 6.07 Å². The number of morpholine rings is 1. The molecule has 0 atom stereocenters. The minimum Gasteiger partial charge on any atom is -0.378 e. The molecule has 7 nitrogen and oxygen atoms in total. The van der Waals surface area contributed by atoms with Crippen LogP contribution in [0.3, 0.4) is 0 Å². The molecule has 0 spiro atoms. The van der Waals surface area contributed by atoms with E-state index in [9.17, 15) is 0 Å². The maximum Gasteiger partial charge on any atom is 0.147 e. The summed E-state index contributed by atoms with van der Waals surface area (Å²) in [5.41, 5.74) is 4.60. The Morgan fingerprint density at radius 3 is 2.74 bits per heavy atom. The van der Waals surface area contributed by atoms with Crippen LogP contribution in [0.15, 0.2) is 36.7 Å². The van der Waals surface area contributed by atoms with Gasteiger partial charge in [-0.1, -0.05) is 30.3 Å². The van der Waals surface area contributed by atoms with Crippen LogP contribution in [-0.4, -0.2) is 53.4 Å². The van der Waals surface area contributed by atoms with Gasteiger partial charge in [-0.15, -0.1) is 11.3 Å². The molecule has 1 saturated heterocycles. The van der Waals surface area contributed by atoms with Gasteiger partial charge < -0.3 is 19.7 Å². The highest BCUT2D eigenvalue weighted by atomic mass is 32.1. The fraction of sp³-hybridized carbons (Fsp3) is 0.423. The Morgan fingerprint density at radius 2 is 1.91 bits per heavy atom. The van der Waals surface area contributed by atoms with Crippen LogP contribution in [0.5, 0.6) is 0 Å². The van der Waals surface area contributed by atoms with Crippen LogP contribution < -0.4 is 10.2 Å². The van der Waals surface area contributed by atoms with E-state index in [4.69, 9.17) is 19.4 Å². The number of pyridine rings is 1. The SMILES string of the molecule is CC1(C)Cc2c(c(N3CCOCC3)nc3sc4c(NCCc5ccccc5)ncnc4c23)CO1. The standard InChI is InChI=1S/C26H29N5O2S/c1-26(2)14-18-19(15-33-26)24(31-10-12-32-13-11-31)30-25-20(18)21-22(34-25)23(29-16-28-21)27-9-8-17-6-4-3-5-7-17/h3-7,16H,8-15H2,1-2H3,(H,27,28,29). The number of nitrogens with zero attached hydrogens (tertiary/aromatic N) is 4. The molecule has 8 heteroatoms. The van der Waals surface area contributed by atoms with Gasteiger partial charge >= 0.3 is 0 Å². The first-order valence-electron chi connectivity index (χ1n) is 11.9. The fourth-order valence-corrected chi connectivity index (χ4v) is 6.04. The van der Waals surface area contributed by atoms with E-state index in [0.717, 1.165) is 77.8 Å². The molecule has 0 amide bonds. The molecule has 1 N–H and O–H groups in total. The van der Waals surface area contributed by atoms with Crippen LogP contribution in [0.1, 0.15) is 30.5 Å². The second-order valence-electron chi connectivity index (χ2n) is 9.56. The van der Waals surface area contributed by atoms with Crippen LogP contribution in [0.2, 0.25) is 0 Å². The number of rotatable bonds is 5. The monoisotopic (exact) mass is 475 g/mol. The summed E-state index contributed by atoms with van der Waals surface area (Å²) in [6.45, 7) is 8.88. The summed E-state index contributed by atoms with van der Waals surface area (Å²) in [4.78, 5) is 17.9. The molecule has 34 heavy (non-hydrogen) atoms. The van der Waals surface area contributed by atoms with E-state index in [2.05, 4.69) is 53.3 Å². The maximum absolute atomic E-state index is 6.24. The quantitative estimate of drug-likeness (QED) is 0.453. The summed E-state index contributed by atoms with van der Waals surface area (Å²) in [6, 6.07) is 10.5. The molecule has 0 saturated carbocycles. The normalized spacial score (nSPS) is 17.8. The first-order chi connectivity index (χ1) is 16.6. The molecule has 0 unspecified atom stereocenters. The number of aromatic nitrogens is 3. The van der Waals surface area contributed by atoms with Crippen molar-refractivity contribution in [2.45, 2.75) is 38.9 Å². The molecule has 6 rings (SSSR count). The van der Waals surface area contributed by atoms with Crippen LogP contribution in [0.4, 0.5) is 11.6 Å². The molecule has 176 valence electrons. The number of anilines is 2. The Hall–Kier alpha value is -2.81. The molecule has 0 bridgehead atoms. The second-order valence-corrected chi connectivity index (χ2v) is 10.6. The smallest absolute Gasteiger partial charge is 0.147 e. The first kappa shape index (κ1) is 21.7. The molecule has 1 fully saturated rings. The zero-order valence-corrected chi connectivity index (χ0v) is 20.5. The van der Waals surface area contributed by atoms with Crippen LogP contribution in [0, 0.1) is 0 Å². The van der Waals surface area contributed by atoms with E-state index >= 15 is 0 Å². The number of hydrogen-bond donors (Lipinski definition) is 1. The number of ether oxygens (including phenoxy) is 2. The fourth-order valence-electron chi connectivity index (χ4n) is 4.92. The Balaban J connectivity index is 1.43. The number of fused-ring (bicyclic) bond motifs is 5. The third kappa shape index (κ3) is 4.00. The van der Waals surface area contributed by atoms with Crippen LogP contribution in [0.25, 0.3) is 20.4 Å². The minimum atomic E-state index is -0.221. The lowest BCUT2D eigenvalue weighted by Crippen LogP contribution is -2.39. The first-order valence-corrected chi connectivity index (χ1v) is 12.7. The lowest BCUT2D eigenvalue weighted by atomic mass is 9.90. The number of benzene rings is 1. The number of thiophene rings is 1. The van der Waals surface area contributed by atoms with Gasteiger partial charge in [0, 0.05) is 37.0 Å². The van der Waals surface area contributed by atoms with Gasteiger partial charge in [0.05, 0.1) is 35.6 Å².